The fraction of sp³-hybridized carbons (Fsp3) is 0.361. The molecular formula is C36H40FN7O4. The SMILES string of the molecule is CN1CCN(C(=O)[C@@H](CCCN(C(=O)OCc2ccccc2)[C@@H]2C[C@H]2c2ccc(F)cc2)NC(=O)c2ccc(-n3ccnn3)cc2)CC1. The van der Waals surface area contributed by atoms with Crippen LogP contribution in [0.4, 0.5) is 9.18 Å². The number of benzene rings is 3. The van der Waals surface area contributed by atoms with E-state index in [0.717, 1.165) is 36.3 Å². The first-order valence-corrected chi connectivity index (χ1v) is 16.3. The lowest BCUT2D eigenvalue weighted by molar-refractivity contribution is -0.135. The largest absolute Gasteiger partial charge is 0.445 e. The van der Waals surface area contributed by atoms with E-state index in [1.54, 1.807) is 63.3 Å². The van der Waals surface area contributed by atoms with Crippen LogP contribution >= 0.6 is 0 Å². The molecule has 4 aromatic rings. The molecule has 1 aromatic heterocycles. The molecule has 48 heavy (non-hydrogen) atoms. The molecule has 6 rings (SSSR count). The number of nitrogens with one attached hydrogen (secondary N) is 1. The highest BCUT2D eigenvalue weighted by Crippen LogP contribution is 2.45. The van der Waals surface area contributed by atoms with E-state index in [1.165, 1.54) is 12.1 Å². The number of aromatic nitrogens is 3. The zero-order valence-corrected chi connectivity index (χ0v) is 27.0. The number of hydrogen-bond acceptors (Lipinski definition) is 7. The summed E-state index contributed by atoms with van der Waals surface area (Å²) in [6, 6.07) is 21.9. The maximum Gasteiger partial charge on any atom is 0.410 e. The van der Waals surface area contributed by atoms with Crippen LogP contribution in [-0.2, 0) is 16.1 Å². The van der Waals surface area contributed by atoms with Gasteiger partial charge in [-0.3, -0.25) is 9.59 Å². The Balaban J connectivity index is 1.14. The summed E-state index contributed by atoms with van der Waals surface area (Å²) in [7, 11) is 2.02. The summed E-state index contributed by atoms with van der Waals surface area (Å²) in [6.07, 6.45) is 4.38. The minimum absolute atomic E-state index is 0.0674. The van der Waals surface area contributed by atoms with E-state index >= 15 is 0 Å². The summed E-state index contributed by atoms with van der Waals surface area (Å²) in [5.41, 5.74) is 3.02. The predicted octanol–water partition coefficient (Wildman–Crippen LogP) is 4.25. The predicted molar refractivity (Wildman–Crippen MR) is 177 cm³/mol. The Bertz CT molecular complexity index is 1660. The lowest BCUT2D eigenvalue weighted by atomic mass is 10.1. The van der Waals surface area contributed by atoms with Crippen LogP contribution in [0, 0.1) is 5.82 Å². The van der Waals surface area contributed by atoms with Crippen molar-refractivity contribution in [1.82, 2.24) is 35.0 Å². The molecule has 1 saturated heterocycles. The molecule has 2 fully saturated rings. The fourth-order valence-corrected chi connectivity index (χ4v) is 6.11. The van der Waals surface area contributed by atoms with Gasteiger partial charge in [-0.15, -0.1) is 5.10 Å². The Morgan fingerprint density at radius 1 is 0.979 bits per heavy atom. The summed E-state index contributed by atoms with van der Waals surface area (Å²) in [5.74, 6) is -0.730. The third kappa shape index (κ3) is 8.24. The highest BCUT2D eigenvalue weighted by molar-refractivity contribution is 5.97. The second-order valence-electron chi connectivity index (χ2n) is 12.4. The first kappa shape index (κ1) is 32.8. The molecule has 3 aromatic carbocycles. The number of likely N-dealkylation sites (N-methyl/N-ethyl adjacent to an activating group) is 1. The van der Waals surface area contributed by atoms with Crippen molar-refractivity contribution in [3.05, 3.63) is 114 Å². The van der Waals surface area contributed by atoms with Gasteiger partial charge in [-0.1, -0.05) is 47.7 Å². The van der Waals surface area contributed by atoms with E-state index in [1.807, 2.05) is 37.4 Å². The van der Waals surface area contributed by atoms with Gasteiger partial charge >= 0.3 is 6.09 Å². The molecule has 250 valence electrons. The van der Waals surface area contributed by atoms with Gasteiger partial charge in [-0.05, 0) is 73.8 Å². The van der Waals surface area contributed by atoms with E-state index in [2.05, 4.69) is 20.5 Å². The molecule has 0 spiro atoms. The van der Waals surface area contributed by atoms with Crippen LogP contribution in [0.5, 0.6) is 0 Å². The smallest absolute Gasteiger partial charge is 0.410 e. The quantitative estimate of drug-likeness (QED) is 0.243. The number of ether oxygens (including phenoxy) is 1. The van der Waals surface area contributed by atoms with E-state index < -0.39 is 12.1 Å². The molecule has 1 saturated carbocycles. The number of piperazine rings is 1. The minimum atomic E-state index is -0.773. The van der Waals surface area contributed by atoms with Crippen LogP contribution in [-0.4, -0.2) is 99.5 Å². The normalized spacial score (nSPS) is 18.2. The first-order valence-electron chi connectivity index (χ1n) is 16.3. The number of carbonyl (C=O) groups is 3. The van der Waals surface area contributed by atoms with Gasteiger partial charge in [0.2, 0.25) is 5.91 Å². The van der Waals surface area contributed by atoms with Crippen LogP contribution < -0.4 is 5.32 Å². The molecule has 0 bridgehead atoms. The molecule has 3 amide bonds. The Morgan fingerprint density at radius 2 is 1.71 bits per heavy atom. The zero-order chi connectivity index (χ0) is 33.5. The molecular weight excluding hydrogens is 613 g/mol. The lowest BCUT2D eigenvalue weighted by Gasteiger charge is -2.35. The number of rotatable bonds is 12. The van der Waals surface area contributed by atoms with Crippen molar-refractivity contribution in [2.75, 3.05) is 39.8 Å². The highest BCUT2D eigenvalue weighted by atomic mass is 19.1. The maximum absolute atomic E-state index is 13.8. The number of amides is 3. The van der Waals surface area contributed by atoms with Crippen LogP contribution in [0.2, 0.25) is 0 Å². The van der Waals surface area contributed by atoms with Crippen molar-refractivity contribution in [3.63, 3.8) is 0 Å². The van der Waals surface area contributed by atoms with E-state index in [4.69, 9.17) is 4.74 Å². The van der Waals surface area contributed by atoms with Gasteiger partial charge in [0.05, 0.1) is 18.1 Å². The Morgan fingerprint density at radius 3 is 2.40 bits per heavy atom. The monoisotopic (exact) mass is 653 g/mol. The lowest BCUT2D eigenvalue weighted by Crippen LogP contribution is -2.54. The highest BCUT2D eigenvalue weighted by Gasteiger charge is 2.45. The van der Waals surface area contributed by atoms with Crippen LogP contribution in [0.3, 0.4) is 0 Å². The number of carbonyl (C=O) groups excluding carboxylic acids is 3. The van der Waals surface area contributed by atoms with Gasteiger partial charge in [-0.2, -0.15) is 0 Å². The summed E-state index contributed by atoms with van der Waals surface area (Å²) in [5, 5.41) is 10.8. The fourth-order valence-electron chi connectivity index (χ4n) is 6.11. The summed E-state index contributed by atoms with van der Waals surface area (Å²) in [6.45, 7) is 3.14. The summed E-state index contributed by atoms with van der Waals surface area (Å²) in [4.78, 5) is 46.4. The van der Waals surface area contributed by atoms with Crippen molar-refractivity contribution in [1.29, 1.82) is 0 Å². The van der Waals surface area contributed by atoms with Gasteiger partial charge in [0.25, 0.3) is 5.91 Å². The van der Waals surface area contributed by atoms with Crippen molar-refractivity contribution < 1.29 is 23.5 Å². The number of halogens is 1. The molecule has 0 radical (unpaired) electrons. The third-order valence-electron chi connectivity index (χ3n) is 9.02. The van der Waals surface area contributed by atoms with Crippen LogP contribution in [0.25, 0.3) is 5.69 Å². The molecule has 2 aliphatic rings. The van der Waals surface area contributed by atoms with E-state index in [0.29, 0.717) is 38.0 Å². The standard InChI is InChI=1S/C36H40FN7O4/c1-41-20-22-42(23-21-41)35(46)32(39-34(45)28-11-15-30(16-12-28)44-19-17-38-40-44)8-5-18-43(36(47)48-25-26-6-3-2-4-7-26)33-24-31(33)27-9-13-29(37)14-10-27/h2-4,6-7,9-17,19,31-33H,5,8,18,20-25H2,1H3,(H,39,45)/t31-,32+,33+/m0/s1. The van der Waals surface area contributed by atoms with Crippen molar-refractivity contribution in [3.8, 4) is 5.69 Å². The molecule has 12 heteroatoms. The Labute approximate surface area is 279 Å². The molecule has 3 atom stereocenters. The molecule has 0 unspecified atom stereocenters. The van der Waals surface area contributed by atoms with Crippen LogP contribution in [0.1, 0.15) is 46.7 Å². The van der Waals surface area contributed by atoms with Gasteiger partial charge in [0.1, 0.15) is 18.5 Å². The number of hydrogen-bond donors (Lipinski definition) is 1. The van der Waals surface area contributed by atoms with Crippen molar-refractivity contribution >= 4 is 17.9 Å². The first-order chi connectivity index (χ1) is 23.4. The molecule has 1 N–H and O–H groups in total. The third-order valence-corrected chi connectivity index (χ3v) is 9.02. The summed E-state index contributed by atoms with van der Waals surface area (Å²) < 4.78 is 20.9. The Hall–Kier alpha value is -5.10. The van der Waals surface area contributed by atoms with Gasteiger partial charge < -0.3 is 24.8 Å². The average molecular weight is 654 g/mol. The topological polar surface area (TPSA) is 113 Å². The second kappa shape index (κ2) is 15.2. The molecule has 11 nitrogen and oxygen atoms in total. The van der Waals surface area contributed by atoms with Crippen molar-refractivity contribution in [2.45, 2.75) is 43.9 Å². The second-order valence-corrected chi connectivity index (χ2v) is 12.4. The van der Waals surface area contributed by atoms with Crippen molar-refractivity contribution in [2.24, 2.45) is 0 Å². The van der Waals surface area contributed by atoms with Crippen LogP contribution in [0.15, 0.2) is 91.3 Å². The van der Waals surface area contributed by atoms with E-state index in [-0.39, 0.29) is 36.2 Å². The number of nitrogens with zero attached hydrogens (tertiary/aromatic N) is 6. The van der Waals surface area contributed by atoms with E-state index in [9.17, 15) is 18.8 Å². The summed E-state index contributed by atoms with van der Waals surface area (Å²) >= 11 is 0. The Kier molecular flexibility index (Phi) is 10.4. The average Bonchev–Trinajstić information content (AvgIpc) is 3.70. The zero-order valence-electron chi connectivity index (χ0n) is 27.0. The van der Waals surface area contributed by atoms with Gasteiger partial charge in [-0.25, -0.2) is 13.9 Å². The van der Waals surface area contributed by atoms with Gasteiger partial charge in [0, 0.05) is 50.2 Å². The molecule has 1 aliphatic carbocycles. The minimum Gasteiger partial charge on any atom is -0.445 e. The molecule has 1 aliphatic heterocycles. The maximum atomic E-state index is 13.8. The molecule has 2 heterocycles. The van der Waals surface area contributed by atoms with Gasteiger partial charge in [0.15, 0.2) is 0 Å².